The van der Waals surface area contributed by atoms with Crippen molar-refractivity contribution in [2.45, 2.75) is 32.2 Å². The number of benzene rings is 3. The third-order valence-corrected chi connectivity index (χ3v) is 6.09. The maximum absolute atomic E-state index is 12.8. The largest absolute Gasteiger partial charge is 0.348 e. The molecule has 0 aliphatic heterocycles. The molecule has 2 N–H and O–H groups in total. The van der Waals surface area contributed by atoms with Crippen molar-refractivity contribution < 1.29 is 4.79 Å². The van der Waals surface area contributed by atoms with E-state index in [1.807, 2.05) is 60.7 Å². The number of hydrogen-bond donors (Lipinski definition) is 2. The predicted molar refractivity (Wildman–Crippen MR) is 138 cm³/mol. The lowest BCUT2D eigenvalue weighted by Gasteiger charge is -2.11. The summed E-state index contributed by atoms with van der Waals surface area (Å²) < 4.78 is 0. The molecule has 1 amide bonds. The van der Waals surface area contributed by atoms with E-state index in [1.54, 1.807) is 12.1 Å². The molecule has 3 aromatic carbocycles. The Bertz CT molecular complexity index is 1470. The molecule has 180 valence electrons. The monoisotopic (exact) mass is 497 g/mol. The van der Waals surface area contributed by atoms with E-state index < -0.39 is 0 Å². The molecular formula is C27H24ClN7O. The summed E-state index contributed by atoms with van der Waals surface area (Å²) in [6.07, 6.45) is 3.34. The highest BCUT2D eigenvalue weighted by molar-refractivity contribution is 6.30. The minimum atomic E-state index is -0.173. The third kappa shape index (κ3) is 5.72. The van der Waals surface area contributed by atoms with E-state index in [-0.39, 0.29) is 5.91 Å². The second-order valence-electron chi connectivity index (χ2n) is 8.46. The van der Waals surface area contributed by atoms with Crippen molar-refractivity contribution in [2.75, 3.05) is 0 Å². The lowest BCUT2D eigenvalue weighted by atomic mass is 10.0. The fraction of sp³-hybridized carbons (Fsp3) is 0.185. The molecule has 2 heterocycles. The number of nitrogens with one attached hydrogen (secondary N) is 2. The number of fused-ring (bicyclic) bond motifs is 1. The van der Waals surface area contributed by atoms with Crippen LogP contribution in [-0.2, 0) is 19.4 Å². The molecule has 36 heavy (non-hydrogen) atoms. The summed E-state index contributed by atoms with van der Waals surface area (Å²) in [5.74, 6) is 0.601. The first kappa shape index (κ1) is 23.6. The number of halogens is 1. The Kier molecular flexibility index (Phi) is 7.23. The van der Waals surface area contributed by atoms with Gasteiger partial charge in [-0.2, -0.15) is 0 Å². The van der Waals surface area contributed by atoms with E-state index in [2.05, 4.69) is 25.9 Å². The summed E-state index contributed by atoms with van der Waals surface area (Å²) in [6.45, 7) is 0.391. The smallest absolute Gasteiger partial charge is 0.251 e. The first-order valence-corrected chi connectivity index (χ1v) is 12.1. The van der Waals surface area contributed by atoms with Gasteiger partial charge in [0.15, 0.2) is 0 Å². The average Bonchev–Trinajstić information content (AvgIpc) is 3.43. The van der Waals surface area contributed by atoms with Crippen LogP contribution in [0, 0.1) is 0 Å². The number of aryl methyl sites for hydroxylation is 2. The van der Waals surface area contributed by atoms with Gasteiger partial charge in [0.05, 0.1) is 22.4 Å². The van der Waals surface area contributed by atoms with Crippen LogP contribution >= 0.6 is 11.6 Å². The Morgan fingerprint density at radius 3 is 2.56 bits per heavy atom. The predicted octanol–water partition coefficient (Wildman–Crippen LogP) is 4.96. The summed E-state index contributed by atoms with van der Waals surface area (Å²) in [5.41, 5.74) is 5.70. The van der Waals surface area contributed by atoms with E-state index >= 15 is 0 Å². The van der Waals surface area contributed by atoms with E-state index in [9.17, 15) is 4.79 Å². The van der Waals surface area contributed by atoms with Crippen LogP contribution in [0.25, 0.3) is 22.3 Å². The summed E-state index contributed by atoms with van der Waals surface area (Å²) >= 11 is 6.05. The third-order valence-electron chi connectivity index (χ3n) is 5.85. The highest BCUT2D eigenvalue weighted by Gasteiger charge is 2.14. The number of tetrazole rings is 1. The number of aromatic amines is 1. The number of unbranched alkanes of at least 4 members (excludes halogenated alkanes) is 1. The molecule has 0 radical (unpaired) electrons. The van der Waals surface area contributed by atoms with Crippen LogP contribution in [0.2, 0.25) is 5.02 Å². The average molecular weight is 498 g/mol. The quantitative estimate of drug-likeness (QED) is 0.278. The highest BCUT2D eigenvalue weighted by Crippen LogP contribution is 2.25. The van der Waals surface area contributed by atoms with Crippen molar-refractivity contribution in [3.8, 4) is 11.3 Å². The summed E-state index contributed by atoms with van der Waals surface area (Å²) in [6, 6.07) is 22.9. The molecule has 5 rings (SSSR count). The van der Waals surface area contributed by atoms with Crippen molar-refractivity contribution in [2.24, 2.45) is 0 Å². The lowest BCUT2D eigenvalue weighted by molar-refractivity contribution is 0.0951. The molecular weight excluding hydrogens is 474 g/mol. The Morgan fingerprint density at radius 1 is 0.889 bits per heavy atom. The minimum Gasteiger partial charge on any atom is -0.348 e. The summed E-state index contributed by atoms with van der Waals surface area (Å²) in [7, 11) is 0. The molecule has 0 saturated heterocycles. The molecule has 0 atom stereocenters. The van der Waals surface area contributed by atoms with E-state index in [1.165, 1.54) is 0 Å². The Morgan fingerprint density at radius 2 is 1.75 bits per heavy atom. The number of H-pyrrole nitrogens is 1. The Balaban J connectivity index is 1.37. The number of nitrogens with zero attached hydrogens (tertiary/aromatic N) is 5. The normalized spacial score (nSPS) is 11.0. The maximum Gasteiger partial charge on any atom is 0.251 e. The second kappa shape index (κ2) is 11.0. The van der Waals surface area contributed by atoms with Crippen LogP contribution in [0.1, 0.15) is 40.3 Å². The number of carbonyl (C=O) groups is 1. The highest BCUT2D eigenvalue weighted by atomic mass is 35.5. The van der Waals surface area contributed by atoms with Gasteiger partial charge in [-0.1, -0.05) is 54.1 Å². The molecule has 0 fully saturated rings. The number of rotatable bonds is 9. The van der Waals surface area contributed by atoms with Crippen LogP contribution < -0.4 is 5.32 Å². The molecule has 9 heteroatoms. The molecule has 0 aliphatic rings. The zero-order chi connectivity index (χ0) is 24.7. The fourth-order valence-electron chi connectivity index (χ4n) is 4.03. The van der Waals surface area contributed by atoms with Crippen LogP contribution in [0.3, 0.4) is 0 Å². The molecule has 5 aromatic rings. The fourth-order valence-corrected chi connectivity index (χ4v) is 4.25. The van der Waals surface area contributed by atoms with Gasteiger partial charge < -0.3 is 5.32 Å². The van der Waals surface area contributed by atoms with Gasteiger partial charge in [0.25, 0.3) is 5.91 Å². The maximum atomic E-state index is 12.8. The molecule has 0 aliphatic carbocycles. The number of carbonyl (C=O) groups excluding carboxylic acids is 1. The van der Waals surface area contributed by atoms with E-state index in [4.69, 9.17) is 21.6 Å². The van der Waals surface area contributed by atoms with Crippen LogP contribution in [0.15, 0.2) is 72.8 Å². The number of hydrogen-bond acceptors (Lipinski definition) is 6. The summed E-state index contributed by atoms with van der Waals surface area (Å²) in [4.78, 5) is 22.7. The number of amides is 1. The van der Waals surface area contributed by atoms with Crippen molar-refractivity contribution in [1.29, 1.82) is 0 Å². The van der Waals surface area contributed by atoms with Crippen molar-refractivity contribution in [3.63, 3.8) is 0 Å². The standard InChI is InChI=1S/C27H24ClN7O/c28-21-10-6-7-18(15-21)17-29-27(36)20-13-14-22-24(16-20)30-23(11-4-5-12-25-32-34-35-33-25)26(31-22)19-8-2-1-3-9-19/h1-3,6-10,13-16H,4-5,11-12,17H2,(H,29,36)(H,32,33,34,35). The van der Waals surface area contributed by atoms with Gasteiger partial charge >= 0.3 is 0 Å². The van der Waals surface area contributed by atoms with Gasteiger partial charge in [0, 0.05) is 29.1 Å². The Labute approximate surface area is 213 Å². The first-order chi connectivity index (χ1) is 17.7. The lowest BCUT2D eigenvalue weighted by Crippen LogP contribution is -2.22. The SMILES string of the molecule is O=C(NCc1cccc(Cl)c1)c1ccc2nc(-c3ccccc3)c(CCCCc3nnn[nH]3)nc2c1. The van der Waals surface area contributed by atoms with E-state index in [0.717, 1.165) is 59.5 Å². The van der Waals surface area contributed by atoms with Gasteiger partial charge in [-0.05, 0) is 65.6 Å². The molecule has 0 bridgehead atoms. The van der Waals surface area contributed by atoms with Gasteiger partial charge in [0.1, 0.15) is 5.82 Å². The topological polar surface area (TPSA) is 109 Å². The molecule has 2 aromatic heterocycles. The van der Waals surface area contributed by atoms with E-state index in [0.29, 0.717) is 22.6 Å². The van der Waals surface area contributed by atoms with Crippen LogP contribution in [0.4, 0.5) is 0 Å². The second-order valence-corrected chi connectivity index (χ2v) is 8.89. The van der Waals surface area contributed by atoms with Gasteiger partial charge in [-0.3, -0.25) is 4.79 Å². The molecule has 8 nitrogen and oxygen atoms in total. The van der Waals surface area contributed by atoms with Crippen LogP contribution in [0.5, 0.6) is 0 Å². The first-order valence-electron chi connectivity index (χ1n) is 11.8. The Hall–Kier alpha value is -4.17. The van der Waals surface area contributed by atoms with Gasteiger partial charge in [0.2, 0.25) is 0 Å². The number of aromatic nitrogens is 6. The molecule has 0 saturated carbocycles. The van der Waals surface area contributed by atoms with Crippen molar-refractivity contribution in [1.82, 2.24) is 35.9 Å². The van der Waals surface area contributed by atoms with Crippen LogP contribution in [-0.4, -0.2) is 36.5 Å². The van der Waals surface area contributed by atoms with Crippen molar-refractivity contribution in [3.05, 3.63) is 100 Å². The zero-order valence-electron chi connectivity index (χ0n) is 19.5. The van der Waals surface area contributed by atoms with Crippen molar-refractivity contribution >= 4 is 28.5 Å². The molecule has 0 unspecified atom stereocenters. The molecule has 0 spiro atoms. The minimum absolute atomic E-state index is 0.173. The van der Waals surface area contributed by atoms with Gasteiger partial charge in [-0.25, -0.2) is 15.1 Å². The summed E-state index contributed by atoms with van der Waals surface area (Å²) in [5, 5.41) is 17.6. The van der Waals surface area contributed by atoms with Gasteiger partial charge in [-0.15, -0.1) is 5.10 Å². The zero-order valence-corrected chi connectivity index (χ0v) is 20.2.